The van der Waals surface area contributed by atoms with Gasteiger partial charge in [0.25, 0.3) is 0 Å². The van der Waals surface area contributed by atoms with Gasteiger partial charge in [0, 0.05) is 12.1 Å². The number of benzene rings is 1. The van der Waals surface area contributed by atoms with Crippen molar-refractivity contribution in [3.63, 3.8) is 0 Å². The summed E-state index contributed by atoms with van der Waals surface area (Å²) in [5, 5.41) is 7.79. The van der Waals surface area contributed by atoms with Crippen LogP contribution in [-0.4, -0.2) is 20.0 Å². The van der Waals surface area contributed by atoms with Crippen molar-refractivity contribution in [3.8, 4) is 5.82 Å². The molecule has 0 amide bonds. The van der Waals surface area contributed by atoms with Crippen LogP contribution in [0, 0.1) is 0 Å². The summed E-state index contributed by atoms with van der Waals surface area (Å²) in [6, 6.07) is 9.15. The molecule has 0 aliphatic heterocycles. The van der Waals surface area contributed by atoms with E-state index in [9.17, 15) is 13.2 Å². The maximum absolute atomic E-state index is 12.8. The molecular weight excluding hydrogens is 283 g/mol. The minimum Gasteiger partial charge on any atom is -0.326 e. The predicted octanol–water partition coefficient (Wildman–Crippen LogP) is 2.29. The Hall–Kier alpha value is -2.48. The fourth-order valence-corrected chi connectivity index (χ4v) is 2.00. The Morgan fingerprint density at radius 3 is 2.57 bits per heavy atom. The Morgan fingerprint density at radius 1 is 1.10 bits per heavy atom. The van der Waals surface area contributed by atoms with Gasteiger partial charge < -0.3 is 5.73 Å². The van der Waals surface area contributed by atoms with Crippen molar-refractivity contribution in [2.24, 2.45) is 5.73 Å². The van der Waals surface area contributed by atoms with Gasteiger partial charge in [-0.1, -0.05) is 23.4 Å². The zero-order valence-electron chi connectivity index (χ0n) is 10.7. The molecule has 5 nitrogen and oxygen atoms in total. The first kappa shape index (κ1) is 13.5. The second-order valence-corrected chi connectivity index (χ2v) is 4.37. The molecule has 0 aliphatic rings. The summed E-state index contributed by atoms with van der Waals surface area (Å²) in [7, 11) is 0. The number of fused-ring (bicyclic) bond motifs is 1. The number of hydrogen-bond donors (Lipinski definition) is 1. The molecule has 0 saturated heterocycles. The van der Waals surface area contributed by atoms with Crippen molar-refractivity contribution >= 4 is 11.0 Å². The fraction of sp³-hybridized carbons (Fsp3) is 0.154. The smallest absolute Gasteiger partial charge is 0.326 e. The van der Waals surface area contributed by atoms with E-state index >= 15 is 0 Å². The van der Waals surface area contributed by atoms with E-state index in [0.717, 1.165) is 6.07 Å². The Labute approximate surface area is 117 Å². The van der Waals surface area contributed by atoms with Crippen LogP contribution < -0.4 is 5.73 Å². The van der Waals surface area contributed by atoms with Crippen molar-refractivity contribution in [2.75, 3.05) is 0 Å². The van der Waals surface area contributed by atoms with Crippen LogP contribution >= 0.6 is 0 Å². The summed E-state index contributed by atoms with van der Waals surface area (Å²) >= 11 is 0. The number of alkyl halides is 3. The van der Waals surface area contributed by atoms with Gasteiger partial charge >= 0.3 is 6.18 Å². The molecule has 0 aliphatic carbocycles. The van der Waals surface area contributed by atoms with Gasteiger partial charge in [-0.25, -0.2) is 4.98 Å². The molecule has 2 heterocycles. The molecule has 1 aromatic carbocycles. The molecule has 108 valence electrons. The van der Waals surface area contributed by atoms with Crippen LogP contribution in [0.3, 0.4) is 0 Å². The van der Waals surface area contributed by atoms with Crippen LogP contribution in [0.15, 0.2) is 36.4 Å². The Balaban J connectivity index is 2.25. The van der Waals surface area contributed by atoms with Crippen LogP contribution in [0.5, 0.6) is 0 Å². The lowest BCUT2D eigenvalue weighted by molar-refractivity contribution is -0.141. The van der Waals surface area contributed by atoms with Gasteiger partial charge in [0.1, 0.15) is 11.2 Å². The normalized spacial score (nSPS) is 12.0. The van der Waals surface area contributed by atoms with E-state index in [1.54, 1.807) is 24.3 Å². The molecule has 0 bridgehead atoms. The Kier molecular flexibility index (Phi) is 3.09. The first-order valence-electron chi connectivity index (χ1n) is 6.08. The van der Waals surface area contributed by atoms with Crippen LogP contribution in [0.25, 0.3) is 16.9 Å². The molecule has 0 spiro atoms. The SMILES string of the molecule is NCc1ccc(C(F)(F)F)nc1-n1nnc2ccccc21. The summed E-state index contributed by atoms with van der Waals surface area (Å²) < 4.78 is 39.7. The molecule has 21 heavy (non-hydrogen) atoms. The van der Waals surface area contributed by atoms with E-state index < -0.39 is 11.9 Å². The second-order valence-electron chi connectivity index (χ2n) is 4.37. The van der Waals surface area contributed by atoms with Gasteiger partial charge in [-0.15, -0.1) is 5.10 Å². The van der Waals surface area contributed by atoms with Crippen LogP contribution in [-0.2, 0) is 12.7 Å². The number of nitrogens with zero attached hydrogens (tertiary/aromatic N) is 4. The predicted molar refractivity (Wildman–Crippen MR) is 69.6 cm³/mol. The Morgan fingerprint density at radius 2 is 1.86 bits per heavy atom. The summed E-state index contributed by atoms with van der Waals surface area (Å²) in [4.78, 5) is 3.66. The number of pyridine rings is 1. The minimum atomic E-state index is -4.53. The van der Waals surface area contributed by atoms with Gasteiger partial charge in [-0.2, -0.15) is 17.9 Å². The van der Waals surface area contributed by atoms with Crippen molar-refractivity contribution in [3.05, 3.63) is 47.7 Å². The quantitative estimate of drug-likeness (QED) is 0.787. The first-order valence-corrected chi connectivity index (χ1v) is 6.08. The lowest BCUT2D eigenvalue weighted by Crippen LogP contribution is -2.14. The number of halogens is 3. The highest BCUT2D eigenvalue weighted by Crippen LogP contribution is 2.29. The number of hydrogen-bond acceptors (Lipinski definition) is 4. The number of rotatable bonds is 2. The van der Waals surface area contributed by atoms with Gasteiger partial charge in [-0.3, -0.25) is 0 Å². The van der Waals surface area contributed by atoms with E-state index in [0.29, 0.717) is 16.6 Å². The number of nitrogens with two attached hydrogens (primary N) is 1. The molecule has 2 N–H and O–H groups in total. The number of para-hydroxylation sites is 1. The monoisotopic (exact) mass is 293 g/mol. The fourth-order valence-electron chi connectivity index (χ4n) is 2.00. The zero-order chi connectivity index (χ0) is 15.0. The van der Waals surface area contributed by atoms with E-state index in [1.165, 1.54) is 10.7 Å². The third-order valence-electron chi connectivity index (χ3n) is 3.02. The second kappa shape index (κ2) is 4.81. The molecule has 0 atom stereocenters. The van der Waals surface area contributed by atoms with Crippen molar-refractivity contribution in [1.29, 1.82) is 0 Å². The third kappa shape index (κ3) is 2.33. The van der Waals surface area contributed by atoms with E-state index in [4.69, 9.17) is 5.73 Å². The van der Waals surface area contributed by atoms with Gasteiger partial charge in [-0.05, 0) is 18.2 Å². The van der Waals surface area contributed by atoms with E-state index in [-0.39, 0.29) is 12.4 Å². The maximum atomic E-state index is 12.8. The standard InChI is InChI=1S/C13H10F3N5/c14-13(15,16)11-6-5-8(7-17)12(18-11)21-10-4-2-1-3-9(10)19-20-21/h1-6H,7,17H2. The van der Waals surface area contributed by atoms with Gasteiger partial charge in [0.05, 0.1) is 5.52 Å². The molecule has 0 unspecified atom stereocenters. The lowest BCUT2D eigenvalue weighted by Gasteiger charge is -2.11. The lowest BCUT2D eigenvalue weighted by atomic mass is 10.2. The molecule has 2 aromatic heterocycles. The van der Waals surface area contributed by atoms with Crippen LogP contribution in [0.2, 0.25) is 0 Å². The summed E-state index contributed by atoms with van der Waals surface area (Å²) in [5.74, 6) is 0.0426. The molecule has 0 saturated carbocycles. The highest BCUT2D eigenvalue weighted by molar-refractivity contribution is 5.75. The summed E-state index contributed by atoms with van der Waals surface area (Å²) in [6.45, 7) is 0.0503. The Bertz CT molecular complexity index is 794. The van der Waals surface area contributed by atoms with Gasteiger partial charge in [0.2, 0.25) is 0 Å². The van der Waals surface area contributed by atoms with E-state index in [2.05, 4.69) is 15.3 Å². The van der Waals surface area contributed by atoms with Crippen molar-refractivity contribution in [2.45, 2.75) is 12.7 Å². The maximum Gasteiger partial charge on any atom is 0.433 e. The third-order valence-corrected chi connectivity index (χ3v) is 3.02. The zero-order valence-corrected chi connectivity index (χ0v) is 10.7. The van der Waals surface area contributed by atoms with Crippen LogP contribution in [0.1, 0.15) is 11.3 Å². The molecular formula is C13H10F3N5. The van der Waals surface area contributed by atoms with E-state index in [1.807, 2.05) is 0 Å². The van der Waals surface area contributed by atoms with Crippen LogP contribution in [0.4, 0.5) is 13.2 Å². The molecule has 3 aromatic rings. The summed E-state index contributed by atoms with van der Waals surface area (Å²) in [6.07, 6.45) is -4.53. The minimum absolute atomic E-state index is 0.0426. The highest BCUT2D eigenvalue weighted by Gasteiger charge is 2.33. The average Bonchev–Trinajstić information content (AvgIpc) is 2.89. The number of aromatic nitrogens is 4. The van der Waals surface area contributed by atoms with Crippen molar-refractivity contribution < 1.29 is 13.2 Å². The molecule has 3 rings (SSSR count). The first-order chi connectivity index (χ1) is 10.0. The highest BCUT2D eigenvalue weighted by atomic mass is 19.4. The van der Waals surface area contributed by atoms with Crippen molar-refractivity contribution in [1.82, 2.24) is 20.0 Å². The molecule has 0 radical (unpaired) electrons. The summed E-state index contributed by atoms with van der Waals surface area (Å²) in [5.41, 5.74) is 6.18. The molecule has 8 heteroatoms. The topological polar surface area (TPSA) is 69.6 Å². The molecule has 0 fully saturated rings. The van der Waals surface area contributed by atoms with Gasteiger partial charge in [0.15, 0.2) is 5.82 Å². The average molecular weight is 293 g/mol. The largest absolute Gasteiger partial charge is 0.433 e.